The van der Waals surface area contributed by atoms with Crippen LogP contribution in [0.2, 0.25) is 0 Å². The highest BCUT2D eigenvalue weighted by Gasteiger charge is 2.30. The molecule has 0 atom stereocenters. The van der Waals surface area contributed by atoms with Crippen LogP contribution in [0.4, 0.5) is 27.8 Å². The van der Waals surface area contributed by atoms with E-state index >= 15 is 0 Å². The first-order chi connectivity index (χ1) is 15.5. The molecular formula is C22H17F5N4O2. The fourth-order valence-electron chi connectivity index (χ4n) is 2.81. The van der Waals surface area contributed by atoms with Gasteiger partial charge in [0.1, 0.15) is 5.82 Å². The molecule has 11 heteroatoms. The van der Waals surface area contributed by atoms with Crippen molar-refractivity contribution in [3.63, 3.8) is 0 Å². The lowest BCUT2D eigenvalue weighted by molar-refractivity contribution is -0.137. The minimum atomic E-state index is -4.55. The maximum Gasteiger partial charge on any atom is 0.416 e. The molecule has 1 amide bonds. The summed E-state index contributed by atoms with van der Waals surface area (Å²) in [5, 5.41) is 5.08. The molecule has 0 unspecified atom stereocenters. The SMILES string of the molecule is Cc1cc(CN=C(NC(=O)c2ccc(C(F)(F)F)cc2)Nc2cccc(=O)[nH]2)cc(F)c1F. The van der Waals surface area contributed by atoms with Crippen molar-refractivity contribution >= 4 is 17.7 Å². The van der Waals surface area contributed by atoms with Gasteiger partial charge in [0.15, 0.2) is 11.6 Å². The number of nitrogens with zero attached hydrogens (tertiary/aromatic N) is 1. The molecule has 0 saturated carbocycles. The van der Waals surface area contributed by atoms with E-state index in [0.717, 1.165) is 30.3 Å². The Morgan fingerprint density at radius 2 is 1.76 bits per heavy atom. The van der Waals surface area contributed by atoms with E-state index in [9.17, 15) is 31.5 Å². The van der Waals surface area contributed by atoms with E-state index in [2.05, 4.69) is 20.6 Å². The number of aliphatic imine (C=N–C) groups is 1. The number of aromatic amines is 1. The van der Waals surface area contributed by atoms with Gasteiger partial charge in [-0.05, 0) is 54.4 Å². The number of aryl methyl sites for hydroxylation is 1. The quantitative estimate of drug-likeness (QED) is 0.304. The maximum absolute atomic E-state index is 13.7. The number of halogens is 5. The number of alkyl halides is 3. The van der Waals surface area contributed by atoms with E-state index in [1.165, 1.54) is 31.2 Å². The predicted octanol–water partition coefficient (Wildman–Crippen LogP) is 4.38. The number of hydrogen-bond donors (Lipinski definition) is 3. The van der Waals surface area contributed by atoms with Crippen molar-refractivity contribution in [2.45, 2.75) is 19.6 Å². The number of hydrogen-bond acceptors (Lipinski definition) is 3. The lowest BCUT2D eigenvalue weighted by Gasteiger charge is -2.12. The molecule has 0 radical (unpaired) electrons. The van der Waals surface area contributed by atoms with Crippen LogP contribution in [0.1, 0.15) is 27.0 Å². The van der Waals surface area contributed by atoms with Gasteiger partial charge in [-0.15, -0.1) is 0 Å². The number of guanidine groups is 1. The van der Waals surface area contributed by atoms with Crippen molar-refractivity contribution in [2.75, 3.05) is 5.32 Å². The first kappa shape index (κ1) is 23.6. The molecule has 0 spiro atoms. The number of aromatic nitrogens is 1. The van der Waals surface area contributed by atoms with Crippen molar-refractivity contribution in [3.05, 3.63) is 98.8 Å². The summed E-state index contributed by atoms with van der Waals surface area (Å²) >= 11 is 0. The molecule has 0 bridgehead atoms. The summed E-state index contributed by atoms with van der Waals surface area (Å²) < 4.78 is 65.4. The molecule has 1 aromatic heterocycles. The standard InChI is InChI=1S/C22H17F5N4O2/c1-12-9-13(10-16(23)19(12)24)11-28-21(30-17-3-2-4-18(32)29-17)31-20(33)14-5-7-15(8-6-14)22(25,26)27/h2-10H,11H2,1H3,(H3,28,29,30,31,32,33). The minimum absolute atomic E-state index is 0.0656. The van der Waals surface area contributed by atoms with Gasteiger partial charge in [0.25, 0.3) is 5.91 Å². The van der Waals surface area contributed by atoms with Crippen LogP contribution in [0, 0.1) is 18.6 Å². The van der Waals surface area contributed by atoms with Gasteiger partial charge < -0.3 is 10.3 Å². The highest BCUT2D eigenvalue weighted by Crippen LogP contribution is 2.29. The summed E-state index contributed by atoms with van der Waals surface area (Å²) in [6.45, 7) is 1.20. The van der Waals surface area contributed by atoms with E-state index in [0.29, 0.717) is 5.56 Å². The number of H-pyrrole nitrogens is 1. The van der Waals surface area contributed by atoms with E-state index in [4.69, 9.17) is 0 Å². The number of anilines is 1. The zero-order valence-corrected chi connectivity index (χ0v) is 17.1. The summed E-state index contributed by atoms with van der Waals surface area (Å²) in [4.78, 5) is 30.7. The van der Waals surface area contributed by atoms with Crippen LogP contribution < -0.4 is 16.2 Å². The lowest BCUT2D eigenvalue weighted by Crippen LogP contribution is -2.36. The van der Waals surface area contributed by atoms with Gasteiger partial charge in [0.2, 0.25) is 11.5 Å². The summed E-state index contributed by atoms with van der Waals surface area (Å²) in [7, 11) is 0. The normalized spacial score (nSPS) is 11.9. The Morgan fingerprint density at radius 1 is 1.06 bits per heavy atom. The van der Waals surface area contributed by atoms with Crippen molar-refractivity contribution in [1.29, 1.82) is 0 Å². The second-order valence-corrected chi connectivity index (χ2v) is 6.96. The molecule has 172 valence electrons. The summed E-state index contributed by atoms with van der Waals surface area (Å²) in [6.07, 6.45) is -4.55. The molecule has 0 aliphatic carbocycles. The Kier molecular flexibility index (Phi) is 6.90. The summed E-state index contributed by atoms with van der Waals surface area (Å²) in [5.41, 5.74) is -1.07. The monoisotopic (exact) mass is 464 g/mol. The molecular weight excluding hydrogens is 447 g/mol. The van der Waals surface area contributed by atoms with Crippen molar-refractivity contribution in [1.82, 2.24) is 10.3 Å². The fourth-order valence-corrected chi connectivity index (χ4v) is 2.81. The summed E-state index contributed by atoms with van der Waals surface area (Å²) in [6, 6.07) is 10.0. The molecule has 3 N–H and O–H groups in total. The van der Waals surface area contributed by atoms with Crippen LogP contribution in [0.15, 0.2) is 64.4 Å². The van der Waals surface area contributed by atoms with Crippen LogP contribution >= 0.6 is 0 Å². The number of carbonyl (C=O) groups excluding carboxylic acids is 1. The van der Waals surface area contributed by atoms with Crippen LogP contribution in [0.3, 0.4) is 0 Å². The van der Waals surface area contributed by atoms with Crippen LogP contribution in [-0.2, 0) is 12.7 Å². The van der Waals surface area contributed by atoms with Crippen LogP contribution in [0.25, 0.3) is 0 Å². The molecule has 33 heavy (non-hydrogen) atoms. The number of amides is 1. The number of pyridine rings is 1. The second-order valence-electron chi connectivity index (χ2n) is 6.96. The number of benzene rings is 2. The third-order valence-corrected chi connectivity index (χ3v) is 4.42. The second kappa shape index (κ2) is 9.63. The molecule has 1 heterocycles. The number of nitrogens with one attached hydrogen (secondary N) is 3. The van der Waals surface area contributed by atoms with E-state index in [1.54, 1.807) is 0 Å². The van der Waals surface area contributed by atoms with E-state index in [-0.39, 0.29) is 29.4 Å². The van der Waals surface area contributed by atoms with Gasteiger partial charge >= 0.3 is 6.18 Å². The highest BCUT2D eigenvalue weighted by molar-refractivity contribution is 6.09. The first-order valence-electron chi connectivity index (χ1n) is 9.47. The third-order valence-electron chi connectivity index (χ3n) is 4.42. The first-order valence-corrected chi connectivity index (χ1v) is 9.47. The average molecular weight is 464 g/mol. The minimum Gasteiger partial charge on any atom is -0.312 e. The zero-order chi connectivity index (χ0) is 24.2. The maximum atomic E-state index is 13.7. The number of carbonyl (C=O) groups is 1. The van der Waals surface area contributed by atoms with Crippen LogP contribution in [-0.4, -0.2) is 16.9 Å². The third kappa shape index (κ3) is 6.25. The molecule has 0 fully saturated rings. The molecule has 0 saturated heterocycles. The average Bonchev–Trinajstić information content (AvgIpc) is 2.75. The fraction of sp³-hybridized carbons (Fsp3) is 0.136. The van der Waals surface area contributed by atoms with E-state index < -0.39 is 34.8 Å². The van der Waals surface area contributed by atoms with Gasteiger partial charge in [-0.2, -0.15) is 13.2 Å². The largest absolute Gasteiger partial charge is 0.416 e. The van der Waals surface area contributed by atoms with Gasteiger partial charge in [0, 0.05) is 11.6 Å². The van der Waals surface area contributed by atoms with Crippen molar-refractivity contribution < 1.29 is 26.7 Å². The Bertz CT molecular complexity index is 1230. The Balaban J connectivity index is 1.85. The van der Waals surface area contributed by atoms with Crippen molar-refractivity contribution in [2.24, 2.45) is 4.99 Å². The van der Waals surface area contributed by atoms with Gasteiger partial charge in [-0.3, -0.25) is 14.9 Å². The Labute approximate surface area is 184 Å². The smallest absolute Gasteiger partial charge is 0.312 e. The Hall–Kier alpha value is -4.02. The van der Waals surface area contributed by atoms with Gasteiger partial charge in [-0.1, -0.05) is 12.1 Å². The molecule has 3 rings (SSSR count). The highest BCUT2D eigenvalue weighted by atomic mass is 19.4. The van der Waals surface area contributed by atoms with Crippen molar-refractivity contribution in [3.8, 4) is 0 Å². The zero-order valence-electron chi connectivity index (χ0n) is 17.1. The molecule has 0 aliphatic rings. The van der Waals surface area contributed by atoms with E-state index in [1.807, 2.05) is 0 Å². The lowest BCUT2D eigenvalue weighted by atomic mass is 10.1. The predicted molar refractivity (Wildman–Crippen MR) is 112 cm³/mol. The molecule has 3 aromatic rings. The molecule has 2 aromatic carbocycles. The van der Waals surface area contributed by atoms with Gasteiger partial charge in [0.05, 0.1) is 12.1 Å². The Morgan fingerprint density at radius 3 is 2.36 bits per heavy atom. The molecule has 0 aliphatic heterocycles. The summed E-state index contributed by atoms with van der Waals surface area (Å²) in [5.74, 6) is -2.84. The molecule has 6 nitrogen and oxygen atoms in total. The van der Waals surface area contributed by atoms with Crippen LogP contribution in [0.5, 0.6) is 0 Å². The van der Waals surface area contributed by atoms with Gasteiger partial charge in [-0.25, -0.2) is 13.8 Å². The topological polar surface area (TPSA) is 86.3 Å². The number of rotatable bonds is 4.